The molecule has 0 spiro atoms. The van der Waals surface area contributed by atoms with Crippen LogP contribution >= 0.6 is 0 Å². The molecule has 3 rings (SSSR count). The highest BCUT2D eigenvalue weighted by atomic mass is 15.3. The van der Waals surface area contributed by atoms with Gasteiger partial charge in [0.05, 0.1) is 0 Å². The van der Waals surface area contributed by atoms with E-state index in [1.807, 2.05) is 6.92 Å². The van der Waals surface area contributed by atoms with Gasteiger partial charge < -0.3 is 10.2 Å². The van der Waals surface area contributed by atoms with Crippen LogP contribution in [0, 0.1) is 13.8 Å². The van der Waals surface area contributed by atoms with E-state index in [9.17, 15) is 0 Å². The Bertz CT molecular complexity index is 416. The number of hydrogen-bond donors (Lipinski definition) is 1. The van der Waals surface area contributed by atoms with Crippen LogP contribution in [0.2, 0.25) is 0 Å². The minimum absolute atomic E-state index is 0.630. The van der Waals surface area contributed by atoms with Crippen LogP contribution < -0.4 is 10.2 Å². The first-order valence-corrected chi connectivity index (χ1v) is 7.55. The molecule has 1 saturated heterocycles. The zero-order valence-electron chi connectivity index (χ0n) is 12.0. The molecule has 1 aromatic rings. The van der Waals surface area contributed by atoms with Crippen molar-refractivity contribution >= 4 is 5.82 Å². The molecule has 2 fully saturated rings. The number of piperidine rings is 1. The van der Waals surface area contributed by atoms with Gasteiger partial charge in [-0.2, -0.15) is 0 Å². The Morgan fingerprint density at radius 1 is 1.21 bits per heavy atom. The highest BCUT2D eigenvalue weighted by Gasteiger charge is 2.32. The van der Waals surface area contributed by atoms with E-state index in [4.69, 9.17) is 0 Å². The van der Waals surface area contributed by atoms with Gasteiger partial charge in [0.15, 0.2) is 0 Å². The second kappa shape index (κ2) is 5.45. The van der Waals surface area contributed by atoms with Gasteiger partial charge in [0.25, 0.3) is 0 Å². The topological polar surface area (TPSA) is 41.0 Å². The maximum atomic E-state index is 4.65. The fourth-order valence-corrected chi connectivity index (χ4v) is 2.98. The van der Waals surface area contributed by atoms with Crippen LogP contribution in [-0.2, 0) is 0 Å². The van der Waals surface area contributed by atoms with Crippen molar-refractivity contribution in [2.24, 2.45) is 0 Å². The molecule has 1 unspecified atom stereocenters. The van der Waals surface area contributed by atoms with Crippen molar-refractivity contribution in [3.05, 3.63) is 17.6 Å². The molecule has 1 saturated carbocycles. The van der Waals surface area contributed by atoms with Crippen LogP contribution in [0.1, 0.15) is 43.6 Å². The number of aryl methyl sites for hydroxylation is 2. The van der Waals surface area contributed by atoms with Gasteiger partial charge in [-0.15, -0.1) is 0 Å². The lowest BCUT2D eigenvalue weighted by Crippen LogP contribution is -2.45. The number of rotatable bonds is 4. The molecule has 0 radical (unpaired) electrons. The maximum absolute atomic E-state index is 4.65. The third-order valence-corrected chi connectivity index (χ3v) is 4.06. The van der Waals surface area contributed by atoms with Gasteiger partial charge >= 0.3 is 0 Å². The van der Waals surface area contributed by atoms with Crippen LogP contribution in [-0.4, -0.2) is 35.1 Å². The average Bonchev–Trinajstić information content (AvgIpc) is 3.20. The van der Waals surface area contributed by atoms with Gasteiger partial charge in [-0.05, 0) is 46.1 Å². The van der Waals surface area contributed by atoms with E-state index in [-0.39, 0.29) is 0 Å². The molecule has 2 heterocycles. The lowest BCUT2D eigenvalue weighted by Gasteiger charge is -2.31. The first-order chi connectivity index (χ1) is 9.22. The van der Waals surface area contributed by atoms with E-state index < -0.39 is 0 Å². The summed E-state index contributed by atoms with van der Waals surface area (Å²) in [7, 11) is 0. The second-order valence-electron chi connectivity index (χ2n) is 5.95. The molecule has 0 amide bonds. The minimum Gasteiger partial charge on any atom is -0.352 e. The summed E-state index contributed by atoms with van der Waals surface area (Å²) in [6.07, 6.45) is 6.61. The summed E-state index contributed by atoms with van der Waals surface area (Å²) in [5.41, 5.74) is 1.07. The molecule has 0 aromatic carbocycles. The molecule has 4 heteroatoms. The Labute approximate surface area is 115 Å². The van der Waals surface area contributed by atoms with E-state index in [2.05, 4.69) is 33.2 Å². The summed E-state index contributed by atoms with van der Waals surface area (Å²) < 4.78 is 0. The molecule has 2 aliphatic rings. The third kappa shape index (κ3) is 3.24. The third-order valence-electron chi connectivity index (χ3n) is 4.06. The number of anilines is 1. The van der Waals surface area contributed by atoms with Crippen molar-refractivity contribution in [2.45, 2.75) is 58.0 Å². The lowest BCUT2D eigenvalue weighted by atomic mass is 10.0. The largest absolute Gasteiger partial charge is 0.352 e. The fourth-order valence-electron chi connectivity index (χ4n) is 2.98. The van der Waals surface area contributed by atoms with Crippen LogP contribution in [0.4, 0.5) is 5.82 Å². The zero-order chi connectivity index (χ0) is 13.2. The Kier molecular flexibility index (Phi) is 3.69. The van der Waals surface area contributed by atoms with E-state index in [1.54, 1.807) is 0 Å². The van der Waals surface area contributed by atoms with Crippen molar-refractivity contribution in [3.8, 4) is 0 Å². The number of hydrogen-bond acceptors (Lipinski definition) is 4. The normalized spacial score (nSPS) is 23.4. The predicted molar refractivity (Wildman–Crippen MR) is 77.5 cm³/mol. The Morgan fingerprint density at radius 3 is 2.68 bits per heavy atom. The molecule has 104 valence electrons. The standard InChI is InChI=1S/C15H24N4/c1-11-9-15(18-12(2)17-11)19(14-6-7-14)10-13-5-3-4-8-16-13/h9,13-14,16H,3-8,10H2,1-2H3. The fraction of sp³-hybridized carbons (Fsp3) is 0.733. The SMILES string of the molecule is Cc1cc(N(CC2CCCCN2)C2CC2)nc(C)n1. The zero-order valence-corrected chi connectivity index (χ0v) is 12.0. The molecule has 1 N–H and O–H groups in total. The first-order valence-electron chi connectivity index (χ1n) is 7.55. The number of nitrogens with zero attached hydrogens (tertiary/aromatic N) is 3. The van der Waals surface area contributed by atoms with Crippen molar-refractivity contribution in [1.29, 1.82) is 0 Å². The predicted octanol–water partition coefficient (Wildman–Crippen LogP) is 2.20. The van der Waals surface area contributed by atoms with Gasteiger partial charge in [-0.25, -0.2) is 9.97 Å². The highest BCUT2D eigenvalue weighted by molar-refractivity contribution is 5.43. The smallest absolute Gasteiger partial charge is 0.132 e. The number of aromatic nitrogens is 2. The molecule has 1 aliphatic heterocycles. The molecular weight excluding hydrogens is 236 g/mol. The molecule has 4 nitrogen and oxygen atoms in total. The molecule has 1 atom stereocenters. The summed E-state index contributed by atoms with van der Waals surface area (Å²) >= 11 is 0. The summed E-state index contributed by atoms with van der Waals surface area (Å²) in [5.74, 6) is 2.01. The van der Waals surface area contributed by atoms with E-state index in [0.29, 0.717) is 12.1 Å². The average molecular weight is 260 g/mol. The maximum Gasteiger partial charge on any atom is 0.132 e. The summed E-state index contributed by atoms with van der Waals surface area (Å²) in [6, 6.07) is 3.47. The monoisotopic (exact) mass is 260 g/mol. The van der Waals surface area contributed by atoms with Crippen molar-refractivity contribution in [1.82, 2.24) is 15.3 Å². The second-order valence-corrected chi connectivity index (χ2v) is 5.95. The van der Waals surface area contributed by atoms with Gasteiger partial charge in [-0.1, -0.05) is 6.42 Å². The summed E-state index contributed by atoms with van der Waals surface area (Å²) in [4.78, 5) is 11.5. The van der Waals surface area contributed by atoms with Crippen LogP contribution in [0.5, 0.6) is 0 Å². The van der Waals surface area contributed by atoms with Crippen LogP contribution in [0.15, 0.2) is 6.07 Å². The Morgan fingerprint density at radius 2 is 2.05 bits per heavy atom. The molecule has 1 aromatic heterocycles. The summed E-state index contributed by atoms with van der Waals surface area (Å²) in [6.45, 7) is 6.31. The first kappa shape index (κ1) is 12.9. The summed E-state index contributed by atoms with van der Waals surface area (Å²) in [5, 5.41) is 3.65. The Hall–Kier alpha value is -1.16. The van der Waals surface area contributed by atoms with E-state index in [1.165, 1.54) is 38.6 Å². The highest BCUT2D eigenvalue weighted by Crippen LogP contribution is 2.31. The van der Waals surface area contributed by atoms with Crippen molar-refractivity contribution < 1.29 is 0 Å². The van der Waals surface area contributed by atoms with Gasteiger partial charge in [0.2, 0.25) is 0 Å². The van der Waals surface area contributed by atoms with Crippen LogP contribution in [0.25, 0.3) is 0 Å². The lowest BCUT2D eigenvalue weighted by molar-refractivity contribution is 0.397. The van der Waals surface area contributed by atoms with Gasteiger partial charge in [0.1, 0.15) is 11.6 Å². The van der Waals surface area contributed by atoms with Gasteiger partial charge in [0, 0.05) is 30.4 Å². The van der Waals surface area contributed by atoms with Crippen LogP contribution in [0.3, 0.4) is 0 Å². The molecular formula is C15H24N4. The van der Waals surface area contributed by atoms with Gasteiger partial charge in [-0.3, -0.25) is 0 Å². The van der Waals surface area contributed by atoms with Crippen molar-refractivity contribution in [3.63, 3.8) is 0 Å². The minimum atomic E-state index is 0.630. The van der Waals surface area contributed by atoms with Crippen molar-refractivity contribution in [2.75, 3.05) is 18.0 Å². The molecule has 19 heavy (non-hydrogen) atoms. The Balaban J connectivity index is 1.76. The number of nitrogens with one attached hydrogen (secondary N) is 1. The molecule has 0 bridgehead atoms. The quantitative estimate of drug-likeness (QED) is 0.901. The van der Waals surface area contributed by atoms with E-state index in [0.717, 1.165) is 23.9 Å². The molecule has 1 aliphatic carbocycles. The van der Waals surface area contributed by atoms with E-state index >= 15 is 0 Å².